The van der Waals surface area contributed by atoms with Crippen molar-refractivity contribution in [2.75, 3.05) is 19.5 Å². The van der Waals surface area contributed by atoms with E-state index in [0.29, 0.717) is 23.7 Å². The maximum absolute atomic E-state index is 13.4. The summed E-state index contributed by atoms with van der Waals surface area (Å²) in [6, 6.07) is 6.67. The molecule has 1 aromatic heterocycles. The SMILES string of the molecule is COc1nccc(C(=O)Nc2cccc3c2C(=O)N([C@H](C2CC2)C(C)(C)O)C3)c1OC. The third-order valence-corrected chi connectivity index (χ3v) is 5.86. The second-order valence-electron chi connectivity index (χ2n) is 8.56. The maximum atomic E-state index is 13.4. The van der Waals surface area contributed by atoms with Crippen LogP contribution in [0.1, 0.15) is 53.0 Å². The van der Waals surface area contributed by atoms with Crippen molar-refractivity contribution in [3.05, 3.63) is 47.2 Å². The van der Waals surface area contributed by atoms with E-state index in [2.05, 4.69) is 10.3 Å². The van der Waals surface area contributed by atoms with Gasteiger partial charge in [0, 0.05) is 12.7 Å². The Morgan fingerprint density at radius 3 is 2.61 bits per heavy atom. The first-order valence-corrected chi connectivity index (χ1v) is 10.3. The molecule has 8 heteroatoms. The van der Waals surface area contributed by atoms with Crippen LogP contribution in [0, 0.1) is 5.92 Å². The van der Waals surface area contributed by atoms with Crippen LogP contribution >= 0.6 is 0 Å². The molecule has 1 saturated carbocycles. The van der Waals surface area contributed by atoms with E-state index < -0.39 is 11.5 Å². The minimum atomic E-state index is -1.01. The lowest BCUT2D eigenvalue weighted by Crippen LogP contribution is -2.51. The summed E-state index contributed by atoms with van der Waals surface area (Å²) < 4.78 is 10.5. The maximum Gasteiger partial charge on any atom is 0.259 e. The van der Waals surface area contributed by atoms with Crippen LogP contribution in [0.5, 0.6) is 11.6 Å². The van der Waals surface area contributed by atoms with Crippen molar-refractivity contribution in [2.24, 2.45) is 5.92 Å². The number of pyridine rings is 1. The van der Waals surface area contributed by atoms with Crippen LogP contribution < -0.4 is 14.8 Å². The standard InChI is InChI=1S/C23H27N3O5/c1-23(2,29)19(13-8-9-13)26-12-14-6-5-7-16(17(14)22(26)28)25-20(27)15-10-11-24-21(31-4)18(15)30-3/h5-7,10-11,13,19,29H,8-9,12H2,1-4H3,(H,25,27)/t19-/m1/s1. The molecule has 0 radical (unpaired) electrons. The van der Waals surface area contributed by atoms with Crippen LogP contribution in [-0.4, -0.2) is 52.7 Å². The van der Waals surface area contributed by atoms with Crippen molar-refractivity contribution >= 4 is 17.5 Å². The molecule has 0 spiro atoms. The lowest BCUT2D eigenvalue weighted by Gasteiger charge is -2.37. The average molecular weight is 425 g/mol. The third-order valence-electron chi connectivity index (χ3n) is 5.86. The number of rotatable bonds is 7. The predicted molar refractivity (Wildman–Crippen MR) is 114 cm³/mol. The number of aromatic nitrogens is 1. The summed E-state index contributed by atoms with van der Waals surface area (Å²) in [6.45, 7) is 3.91. The van der Waals surface area contributed by atoms with E-state index in [1.54, 1.807) is 24.8 Å². The first-order valence-electron chi connectivity index (χ1n) is 10.3. The fraction of sp³-hybridized carbons (Fsp3) is 0.435. The zero-order valence-electron chi connectivity index (χ0n) is 18.1. The third kappa shape index (κ3) is 3.83. The van der Waals surface area contributed by atoms with E-state index >= 15 is 0 Å². The molecule has 2 heterocycles. The van der Waals surface area contributed by atoms with Crippen LogP contribution in [0.4, 0.5) is 5.69 Å². The Balaban J connectivity index is 1.64. The van der Waals surface area contributed by atoms with Crippen molar-refractivity contribution in [1.29, 1.82) is 0 Å². The highest BCUT2D eigenvalue weighted by Crippen LogP contribution is 2.43. The molecule has 0 bridgehead atoms. The number of nitrogens with zero attached hydrogens (tertiary/aromatic N) is 2. The molecule has 2 amide bonds. The van der Waals surface area contributed by atoms with Gasteiger partial charge < -0.3 is 24.8 Å². The predicted octanol–water partition coefficient (Wildman–Crippen LogP) is 2.86. The highest BCUT2D eigenvalue weighted by molar-refractivity contribution is 6.11. The molecule has 31 heavy (non-hydrogen) atoms. The molecular formula is C23H27N3O5. The normalized spacial score (nSPS) is 16.7. The number of carbonyl (C=O) groups excluding carboxylic acids is 2. The van der Waals surface area contributed by atoms with Crippen molar-refractivity contribution in [2.45, 2.75) is 44.9 Å². The van der Waals surface area contributed by atoms with Gasteiger partial charge in [-0.05, 0) is 50.3 Å². The molecule has 2 N–H and O–H groups in total. The Kier molecular flexibility index (Phi) is 5.35. The molecule has 2 aromatic rings. The summed E-state index contributed by atoms with van der Waals surface area (Å²) in [7, 11) is 2.88. The number of ether oxygens (including phenoxy) is 2. The lowest BCUT2D eigenvalue weighted by molar-refractivity contribution is -0.0224. The van der Waals surface area contributed by atoms with Crippen molar-refractivity contribution in [3.8, 4) is 11.6 Å². The van der Waals surface area contributed by atoms with Crippen molar-refractivity contribution < 1.29 is 24.2 Å². The van der Waals surface area contributed by atoms with Gasteiger partial charge in [-0.25, -0.2) is 4.98 Å². The number of hydrogen-bond donors (Lipinski definition) is 2. The molecule has 1 atom stereocenters. The fourth-order valence-corrected chi connectivity index (χ4v) is 4.48. The largest absolute Gasteiger partial charge is 0.491 e. The number of anilines is 1. The van der Waals surface area contributed by atoms with Crippen LogP contribution in [0.25, 0.3) is 0 Å². The summed E-state index contributed by atoms with van der Waals surface area (Å²) in [5.41, 5.74) is 0.964. The smallest absolute Gasteiger partial charge is 0.259 e. The van der Waals surface area contributed by atoms with Crippen molar-refractivity contribution in [3.63, 3.8) is 0 Å². The highest BCUT2D eigenvalue weighted by Gasteiger charge is 2.48. The quantitative estimate of drug-likeness (QED) is 0.708. The molecule has 2 aliphatic rings. The van der Waals surface area contributed by atoms with Gasteiger partial charge in [-0.3, -0.25) is 9.59 Å². The Morgan fingerprint density at radius 2 is 2.00 bits per heavy atom. The second-order valence-corrected chi connectivity index (χ2v) is 8.56. The summed E-state index contributed by atoms with van der Waals surface area (Å²) in [6.07, 6.45) is 3.46. The molecule has 1 fully saturated rings. The van der Waals surface area contributed by atoms with E-state index in [-0.39, 0.29) is 29.1 Å². The number of benzene rings is 1. The van der Waals surface area contributed by atoms with E-state index in [4.69, 9.17) is 9.47 Å². The average Bonchev–Trinajstić information content (AvgIpc) is 3.50. The number of fused-ring (bicyclic) bond motifs is 1. The highest BCUT2D eigenvalue weighted by atomic mass is 16.5. The van der Waals surface area contributed by atoms with Crippen LogP contribution in [0.15, 0.2) is 30.5 Å². The Morgan fingerprint density at radius 1 is 1.26 bits per heavy atom. The van der Waals surface area contributed by atoms with E-state index in [0.717, 1.165) is 18.4 Å². The molecule has 8 nitrogen and oxygen atoms in total. The number of aliphatic hydroxyl groups is 1. The molecule has 0 saturated heterocycles. The second kappa shape index (κ2) is 7.85. The van der Waals surface area contributed by atoms with Gasteiger partial charge >= 0.3 is 0 Å². The van der Waals surface area contributed by atoms with Gasteiger partial charge in [0.25, 0.3) is 17.7 Å². The van der Waals surface area contributed by atoms with E-state index in [9.17, 15) is 14.7 Å². The molecule has 1 aliphatic carbocycles. The number of amides is 2. The first kappa shape index (κ1) is 21.1. The molecule has 1 aromatic carbocycles. The van der Waals surface area contributed by atoms with E-state index in [1.807, 2.05) is 12.1 Å². The van der Waals surface area contributed by atoms with Gasteiger partial charge in [-0.15, -0.1) is 0 Å². The van der Waals surface area contributed by atoms with Gasteiger partial charge in [0.2, 0.25) is 0 Å². The van der Waals surface area contributed by atoms with Crippen LogP contribution in [0.3, 0.4) is 0 Å². The number of carbonyl (C=O) groups is 2. The van der Waals surface area contributed by atoms with Gasteiger partial charge in [0.15, 0.2) is 5.75 Å². The summed E-state index contributed by atoms with van der Waals surface area (Å²) >= 11 is 0. The zero-order valence-corrected chi connectivity index (χ0v) is 18.1. The molecule has 0 unspecified atom stereocenters. The number of nitrogens with one attached hydrogen (secondary N) is 1. The molecule has 4 rings (SSSR count). The Hall–Kier alpha value is -3.13. The topological polar surface area (TPSA) is 101 Å². The summed E-state index contributed by atoms with van der Waals surface area (Å²) in [4.78, 5) is 32.2. The zero-order chi connectivity index (χ0) is 22.3. The Labute approximate surface area is 181 Å². The molecular weight excluding hydrogens is 398 g/mol. The van der Waals surface area contributed by atoms with Crippen molar-refractivity contribution in [1.82, 2.24) is 9.88 Å². The minimum absolute atomic E-state index is 0.177. The monoisotopic (exact) mass is 425 g/mol. The van der Waals surface area contributed by atoms with Crippen LogP contribution in [-0.2, 0) is 6.54 Å². The molecule has 1 aliphatic heterocycles. The van der Waals surface area contributed by atoms with E-state index in [1.165, 1.54) is 26.5 Å². The number of methoxy groups -OCH3 is 2. The Bertz CT molecular complexity index is 1030. The lowest BCUT2D eigenvalue weighted by atomic mass is 9.93. The summed E-state index contributed by atoms with van der Waals surface area (Å²) in [5.74, 6) is 0.111. The minimum Gasteiger partial charge on any atom is -0.491 e. The van der Waals surface area contributed by atoms with Gasteiger partial charge in [0.05, 0.1) is 42.7 Å². The van der Waals surface area contributed by atoms with Gasteiger partial charge in [-0.1, -0.05) is 12.1 Å². The number of hydrogen-bond acceptors (Lipinski definition) is 6. The van der Waals surface area contributed by atoms with Gasteiger partial charge in [-0.2, -0.15) is 0 Å². The molecule has 164 valence electrons. The van der Waals surface area contributed by atoms with Gasteiger partial charge in [0.1, 0.15) is 0 Å². The fourth-order valence-electron chi connectivity index (χ4n) is 4.48. The first-order chi connectivity index (χ1) is 14.8. The van der Waals surface area contributed by atoms with Crippen LogP contribution in [0.2, 0.25) is 0 Å². The summed E-state index contributed by atoms with van der Waals surface area (Å²) in [5, 5.41) is 13.6.